The van der Waals surface area contributed by atoms with Crippen LogP contribution in [0.25, 0.3) is 10.2 Å². The molecule has 2 aromatic heterocycles. The molecule has 6 nitrogen and oxygen atoms in total. The molecule has 0 N–H and O–H groups in total. The van der Waals surface area contributed by atoms with Crippen molar-refractivity contribution in [3.8, 4) is 10.8 Å². The highest BCUT2D eigenvalue weighted by molar-refractivity contribution is 8.18. The van der Waals surface area contributed by atoms with Gasteiger partial charge >= 0.3 is 0 Å². The van der Waals surface area contributed by atoms with Crippen LogP contribution in [0.3, 0.4) is 0 Å². The molecule has 26 heavy (non-hydrogen) atoms. The number of hydrogen-bond acceptors (Lipinski definition) is 12. The molecule has 0 amide bonds. The van der Waals surface area contributed by atoms with Gasteiger partial charge < -0.3 is 0 Å². The normalized spacial score (nSPS) is 10.5. The Morgan fingerprint density at radius 3 is 2.08 bits per heavy atom. The van der Waals surface area contributed by atoms with Gasteiger partial charge in [0, 0.05) is 0 Å². The van der Waals surface area contributed by atoms with Crippen LogP contribution in [0.1, 0.15) is 0 Å². The van der Waals surface area contributed by atoms with Gasteiger partial charge in [0.2, 0.25) is 0 Å². The van der Waals surface area contributed by atoms with Crippen molar-refractivity contribution in [2.75, 3.05) is 10.2 Å². The van der Waals surface area contributed by atoms with Gasteiger partial charge in [-0.2, -0.15) is 25.5 Å². The number of thioether (sulfide) groups is 4. The molecule has 1 aromatic carbocycles. The minimum Gasteiger partial charge on any atom is -0.229 e. The maximum absolute atomic E-state index is 8.66. The number of nitrogens with zero attached hydrogens (tertiary/aromatic N) is 6. The fourth-order valence-corrected chi connectivity index (χ4v) is 6.12. The Hall–Kier alpha value is -1.15. The fraction of sp³-hybridized carbons (Fsp3) is 0.143. The number of thiocyanates is 2. The summed E-state index contributed by atoms with van der Waals surface area (Å²) in [5.41, 5.74) is 0.953. The molecule has 0 unspecified atom stereocenters. The van der Waals surface area contributed by atoms with Crippen molar-refractivity contribution in [2.45, 2.75) is 19.8 Å². The van der Waals surface area contributed by atoms with Crippen LogP contribution >= 0.6 is 70.1 Å². The largest absolute Gasteiger partial charge is 0.229 e. The van der Waals surface area contributed by atoms with E-state index in [0.29, 0.717) is 25.6 Å². The van der Waals surface area contributed by atoms with Crippen molar-refractivity contribution >= 4 is 80.4 Å². The van der Waals surface area contributed by atoms with E-state index in [9.17, 15) is 0 Å². The Morgan fingerprint density at radius 2 is 1.46 bits per heavy atom. The molecule has 130 valence electrons. The Labute approximate surface area is 175 Å². The van der Waals surface area contributed by atoms with E-state index in [1.807, 2.05) is 35.1 Å². The van der Waals surface area contributed by atoms with Crippen LogP contribution in [-0.2, 0) is 0 Å². The van der Waals surface area contributed by atoms with Gasteiger partial charge in [-0.3, -0.25) is 0 Å². The second-order valence-electron chi connectivity index (χ2n) is 4.23. The Balaban J connectivity index is 1.81. The van der Waals surface area contributed by atoms with Crippen LogP contribution in [0.5, 0.6) is 0 Å². The van der Waals surface area contributed by atoms with E-state index in [0.717, 1.165) is 38.1 Å². The maximum Gasteiger partial charge on any atom is 0.199 e. The molecule has 0 bridgehead atoms. The van der Waals surface area contributed by atoms with Gasteiger partial charge in [-0.1, -0.05) is 35.7 Å². The molecule has 0 saturated heterocycles. The first-order valence-corrected chi connectivity index (χ1v) is 12.4. The van der Waals surface area contributed by atoms with Crippen molar-refractivity contribution in [2.24, 2.45) is 0 Å². The lowest BCUT2D eigenvalue weighted by molar-refractivity contribution is 0.718. The predicted octanol–water partition coefficient (Wildman–Crippen LogP) is 5.16. The predicted molar refractivity (Wildman–Crippen MR) is 111 cm³/mol. The number of aromatic nitrogens is 4. The van der Waals surface area contributed by atoms with Crippen molar-refractivity contribution in [1.29, 1.82) is 10.5 Å². The Kier molecular flexibility index (Phi) is 7.73. The standard InChI is InChI=1S/C14H8N6S6/c15-5-21-7-23-11-18-12(24-8-22-6-16)20-13(19-11)26-14-17-9-3-1-2-4-10(9)25-14/h1-4H,7-8H2. The lowest BCUT2D eigenvalue weighted by atomic mass is 10.3. The zero-order valence-corrected chi connectivity index (χ0v) is 17.8. The first kappa shape index (κ1) is 19.6. The average Bonchev–Trinajstić information content (AvgIpc) is 3.04. The summed E-state index contributed by atoms with van der Waals surface area (Å²) in [6.07, 6.45) is 0. The topological polar surface area (TPSA) is 99.1 Å². The summed E-state index contributed by atoms with van der Waals surface area (Å²) < 4.78 is 1.98. The number of para-hydroxylation sites is 1. The van der Waals surface area contributed by atoms with Crippen molar-refractivity contribution < 1.29 is 0 Å². The molecule has 0 atom stereocenters. The second-order valence-corrected chi connectivity index (χ2v) is 10.6. The summed E-state index contributed by atoms with van der Waals surface area (Å²) in [6.45, 7) is 0. The van der Waals surface area contributed by atoms with E-state index in [1.54, 1.807) is 11.3 Å². The molecular formula is C14H8N6S6. The van der Waals surface area contributed by atoms with Crippen molar-refractivity contribution in [3.05, 3.63) is 24.3 Å². The van der Waals surface area contributed by atoms with Gasteiger partial charge in [0.05, 0.1) is 20.4 Å². The summed E-state index contributed by atoms with van der Waals surface area (Å²) in [6, 6.07) is 7.96. The van der Waals surface area contributed by atoms with Crippen LogP contribution in [0.4, 0.5) is 0 Å². The highest BCUT2D eigenvalue weighted by Gasteiger charge is 2.12. The third kappa shape index (κ3) is 5.67. The van der Waals surface area contributed by atoms with Gasteiger partial charge in [-0.05, 0) is 47.4 Å². The monoisotopic (exact) mass is 452 g/mol. The molecule has 3 rings (SSSR count). The van der Waals surface area contributed by atoms with Gasteiger partial charge in [-0.15, -0.1) is 11.3 Å². The third-order valence-electron chi connectivity index (χ3n) is 2.65. The molecule has 0 saturated carbocycles. The highest BCUT2D eigenvalue weighted by Crippen LogP contribution is 2.34. The summed E-state index contributed by atoms with van der Waals surface area (Å²) in [7, 11) is 0. The zero-order chi connectivity index (χ0) is 18.2. The average molecular weight is 453 g/mol. The van der Waals surface area contributed by atoms with Crippen LogP contribution < -0.4 is 0 Å². The lowest BCUT2D eigenvalue weighted by Crippen LogP contribution is -1.97. The molecule has 2 heterocycles. The SMILES string of the molecule is N#CSCSc1nc(SCSC#N)nc(Sc2nc3ccccc3s2)n1. The van der Waals surface area contributed by atoms with E-state index in [4.69, 9.17) is 10.5 Å². The highest BCUT2D eigenvalue weighted by atomic mass is 32.2. The molecule has 0 radical (unpaired) electrons. The minimum absolute atomic E-state index is 0.544. The first-order valence-electron chi connectivity index (χ1n) is 6.85. The molecule has 0 fully saturated rings. The van der Waals surface area contributed by atoms with E-state index >= 15 is 0 Å². The number of thiazole rings is 1. The van der Waals surface area contributed by atoms with Crippen LogP contribution in [0, 0.1) is 21.3 Å². The number of benzene rings is 1. The van der Waals surface area contributed by atoms with E-state index in [1.165, 1.54) is 35.3 Å². The van der Waals surface area contributed by atoms with Gasteiger partial charge in [0.25, 0.3) is 0 Å². The zero-order valence-electron chi connectivity index (χ0n) is 12.9. The Morgan fingerprint density at radius 1 is 0.846 bits per heavy atom. The molecular weight excluding hydrogens is 445 g/mol. The van der Waals surface area contributed by atoms with Crippen molar-refractivity contribution in [1.82, 2.24) is 19.9 Å². The third-order valence-corrected chi connectivity index (χ3v) is 7.64. The summed E-state index contributed by atoms with van der Waals surface area (Å²) in [5, 5.41) is 24.2. The van der Waals surface area contributed by atoms with Crippen LogP contribution in [0.15, 0.2) is 44.1 Å². The van der Waals surface area contributed by atoms with E-state index in [-0.39, 0.29) is 0 Å². The quantitative estimate of drug-likeness (QED) is 0.196. The summed E-state index contributed by atoms with van der Waals surface area (Å²) in [5.74, 6) is 0. The molecule has 0 aliphatic carbocycles. The van der Waals surface area contributed by atoms with E-state index in [2.05, 4.69) is 19.9 Å². The molecule has 0 aliphatic rings. The van der Waals surface area contributed by atoms with Gasteiger partial charge in [-0.25, -0.2) is 4.98 Å². The smallest absolute Gasteiger partial charge is 0.199 e. The number of nitriles is 2. The van der Waals surface area contributed by atoms with Crippen LogP contribution in [0.2, 0.25) is 0 Å². The van der Waals surface area contributed by atoms with E-state index < -0.39 is 0 Å². The van der Waals surface area contributed by atoms with Crippen LogP contribution in [-0.4, -0.2) is 30.1 Å². The second kappa shape index (κ2) is 10.3. The molecule has 0 aliphatic heterocycles. The van der Waals surface area contributed by atoms with Gasteiger partial charge in [0.1, 0.15) is 10.8 Å². The fourth-order valence-electron chi connectivity index (χ4n) is 1.69. The Bertz CT molecular complexity index is 907. The number of hydrogen-bond donors (Lipinski definition) is 0. The van der Waals surface area contributed by atoms with Gasteiger partial charge in [0.15, 0.2) is 19.8 Å². The maximum atomic E-state index is 8.66. The molecule has 0 spiro atoms. The molecule has 12 heteroatoms. The lowest BCUT2D eigenvalue weighted by Gasteiger charge is -2.04. The summed E-state index contributed by atoms with van der Waals surface area (Å²) in [4.78, 5) is 17.9. The molecule has 3 aromatic rings. The number of fused-ring (bicyclic) bond motifs is 1. The summed E-state index contributed by atoms with van der Waals surface area (Å²) >= 11 is 8.05. The number of rotatable bonds is 8. The first-order chi connectivity index (χ1) is 12.8. The minimum atomic E-state index is 0.544. The van der Waals surface area contributed by atoms with Crippen molar-refractivity contribution in [3.63, 3.8) is 0 Å².